The SMILES string of the molecule is CCn1c(CS)cc2ccccc21. The van der Waals surface area contributed by atoms with E-state index >= 15 is 0 Å². The van der Waals surface area contributed by atoms with E-state index in [2.05, 4.69) is 54.5 Å². The second-order valence-corrected chi connectivity index (χ2v) is 3.41. The Morgan fingerprint density at radius 1 is 1.31 bits per heavy atom. The minimum atomic E-state index is 0.808. The summed E-state index contributed by atoms with van der Waals surface area (Å²) in [6, 6.07) is 10.7. The fraction of sp³-hybridized carbons (Fsp3) is 0.273. The van der Waals surface area contributed by atoms with Gasteiger partial charge in [0.15, 0.2) is 0 Å². The predicted molar refractivity (Wildman–Crippen MR) is 60.3 cm³/mol. The third kappa shape index (κ3) is 1.35. The zero-order valence-electron chi connectivity index (χ0n) is 7.70. The minimum absolute atomic E-state index is 0.808. The molecule has 0 N–H and O–H groups in total. The molecule has 0 saturated heterocycles. The van der Waals surface area contributed by atoms with Gasteiger partial charge in [-0.05, 0) is 24.4 Å². The van der Waals surface area contributed by atoms with Crippen LogP contribution in [0.3, 0.4) is 0 Å². The van der Waals surface area contributed by atoms with Crippen LogP contribution in [0.2, 0.25) is 0 Å². The summed E-state index contributed by atoms with van der Waals surface area (Å²) in [7, 11) is 0. The first kappa shape index (κ1) is 8.70. The van der Waals surface area contributed by atoms with Gasteiger partial charge in [-0.2, -0.15) is 12.6 Å². The number of benzene rings is 1. The average molecular weight is 191 g/mol. The molecule has 0 fully saturated rings. The molecule has 0 amide bonds. The van der Waals surface area contributed by atoms with Crippen LogP contribution in [-0.4, -0.2) is 4.57 Å². The zero-order valence-corrected chi connectivity index (χ0v) is 8.59. The Bertz CT molecular complexity index is 417. The first-order valence-electron chi connectivity index (χ1n) is 4.55. The molecular weight excluding hydrogens is 178 g/mol. The highest BCUT2D eigenvalue weighted by Crippen LogP contribution is 2.20. The number of aromatic nitrogens is 1. The highest BCUT2D eigenvalue weighted by molar-refractivity contribution is 7.79. The van der Waals surface area contributed by atoms with Crippen molar-refractivity contribution in [3.8, 4) is 0 Å². The Morgan fingerprint density at radius 3 is 2.77 bits per heavy atom. The van der Waals surface area contributed by atoms with Gasteiger partial charge >= 0.3 is 0 Å². The second kappa shape index (κ2) is 3.46. The van der Waals surface area contributed by atoms with E-state index in [4.69, 9.17) is 0 Å². The molecule has 2 heteroatoms. The lowest BCUT2D eigenvalue weighted by Crippen LogP contribution is -1.97. The molecule has 2 aromatic rings. The largest absolute Gasteiger partial charge is 0.344 e. The van der Waals surface area contributed by atoms with E-state index in [-0.39, 0.29) is 0 Å². The molecule has 13 heavy (non-hydrogen) atoms. The molecule has 0 radical (unpaired) electrons. The number of nitrogens with zero attached hydrogens (tertiary/aromatic N) is 1. The molecule has 1 aromatic carbocycles. The fourth-order valence-electron chi connectivity index (χ4n) is 1.77. The summed E-state index contributed by atoms with van der Waals surface area (Å²) in [5, 5.41) is 1.31. The Kier molecular flexibility index (Phi) is 2.32. The molecule has 2 rings (SSSR count). The quantitative estimate of drug-likeness (QED) is 0.696. The van der Waals surface area contributed by atoms with Crippen molar-refractivity contribution >= 4 is 23.5 Å². The van der Waals surface area contributed by atoms with Crippen LogP contribution in [0.4, 0.5) is 0 Å². The lowest BCUT2D eigenvalue weighted by molar-refractivity contribution is 0.766. The van der Waals surface area contributed by atoms with Crippen molar-refractivity contribution in [3.63, 3.8) is 0 Å². The molecule has 0 spiro atoms. The smallest absolute Gasteiger partial charge is 0.0482 e. The van der Waals surface area contributed by atoms with E-state index in [0.29, 0.717) is 0 Å². The molecule has 68 valence electrons. The zero-order chi connectivity index (χ0) is 9.26. The lowest BCUT2D eigenvalue weighted by atomic mass is 10.2. The Labute approximate surface area is 83.8 Å². The van der Waals surface area contributed by atoms with Gasteiger partial charge in [0.25, 0.3) is 0 Å². The van der Waals surface area contributed by atoms with Gasteiger partial charge in [0.2, 0.25) is 0 Å². The maximum atomic E-state index is 4.32. The van der Waals surface area contributed by atoms with Crippen molar-refractivity contribution in [2.45, 2.75) is 19.2 Å². The van der Waals surface area contributed by atoms with E-state index in [1.54, 1.807) is 0 Å². The molecule has 1 nitrogen and oxygen atoms in total. The first-order valence-corrected chi connectivity index (χ1v) is 5.18. The molecule has 0 aliphatic rings. The Hall–Kier alpha value is -0.890. The first-order chi connectivity index (χ1) is 6.36. The third-order valence-electron chi connectivity index (χ3n) is 2.37. The molecule has 0 aliphatic heterocycles. The monoisotopic (exact) mass is 191 g/mol. The predicted octanol–water partition coefficient (Wildman–Crippen LogP) is 3.09. The van der Waals surface area contributed by atoms with Gasteiger partial charge in [0.1, 0.15) is 0 Å². The topological polar surface area (TPSA) is 4.93 Å². The summed E-state index contributed by atoms with van der Waals surface area (Å²) in [6.07, 6.45) is 0. The number of hydrogen-bond acceptors (Lipinski definition) is 1. The van der Waals surface area contributed by atoms with Gasteiger partial charge in [0.05, 0.1) is 0 Å². The minimum Gasteiger partial charge on any atom is -0.344 e. The summed E-state index contributed by atoms with van der Waals surface area (Å²) in [6.45, 7) is 3.18. The maximum Gasteiger partial charge on any atom is 0.0482 e. The van der Waals surface area contributed by atoms with Gasteiger partial charge in [0, 0.05) is 23.5 Å². The number of para-hydroxylation sites is 1. The number of fused-ring (bicyclic) bond motifs is 1. The number of rotatable bonds is 2. The van der Waals surface area contributed by atoms with Crippen molar-refractivity contribution < 1.29 is 0 Å². The summed E-state index contributed by atoms with van der Waals surface area (Å²) < 4.78 is 2.31. The second-order valence-electron chi connectivity index (χ2n) is 3.10. The summed E-state index contributed by atoms with van der Waals surface area (Å²) in [5.41, 5.74) is 2.61. The highest BCUT2D eigenvalue weighted by atomic mass is 32.1. The van der Waals surface area contributed by atoms with E-state index in [1.165, 1.54) is 16.6 Å². The van der Waals surface area contributed by atoms with Crippen LogP contribution in [0.1, 0.15) is 12.6 Å². The van der Waals surface area contributed by atoms with Crippen molar-refractivity contribution in [2.24, 2.45) is 0 Å². The van der Waals surface area contributed by atoms with Crippen molar-refractivity contribution in [2.75, 3.05) is 0 Å². The highest BCUT2D eigenvalue weighted by Gasteiger charge is 2.04. The number of thiol groups is 1. The number of hydrogen-bond donors (Lipinski definition) is 1. The van der Waals surface area contributed by atoms with Crippen LogP contribution >= 0.6 is 12.6 Å². The average Bonchev–Trinajstić information content (AvgIpc) is 2.55. The summed E-state index contributed by atoms with van der Waals surface area (Å²) in [5.74, 6) is 0.808. The standard InChI is InChI=1S/C11H13NS/c1-2-12-10(8-13)7-9-5-3-4-6-11(9)12/h3-7,13H,2,8H2,1H3. The molecule has 0 aliphatic carbocycles. The molecule has 0 saturated carbocycles. The molecule has 0 bridgehead atoms. The summed E-state index contributed by atoms with van der Waals surface area (Å²) in [4.78, 5) is 0. The van der Waals surface area contributed by atoms with Gasteiger partial charge in [-0.3, -0.25) is 0 Å². The van der Waals surface area contributed by atoms with E-state index in [1.807, 2.05) is 0 Å². The third-order valence-corrected chi connectivity index (χ3v) is 2.70. The molecule has 1 heterocycles. The van der Waals surface area contributed by atoms with Gasteiger partial charge in [-0.1, -0.05) is 18.2 Å². The van der Waals surface area contributed by atoms with Crippen LogP contribution in [0.25, 0.3) is 10.9 Å². The van der Waals surface area contributed by atoms with Crippen molar-refractivity contribution in [1.29, 1.82) is 0 Å². The lowest BCUT2D eigenvalue weighted by Gasteiger charge is -2.04. The molecule has 0 atom stereocenters. The van der Waals surface area contributed by atoms with Gasteiger partial charge < -0.3 is 4.57 Å². The Balaban J connectivity index is 2.73. The normalized spacial score (nSPS) is 10.9. The molecule has 0 unspecified atom stereocenters. The summed E-state index contributed by atoms with van der Waals surface area (Å²) >= 11 is 4.32. The van der Waals surface area contributed by atoms with Crippen LogP contribution in [0.15, 0.2) is 30.3 Å². The van der Waals surface area contributed by atoms with Crippen molar-refractivity contribution in [3.05, 3.63) is 36.0 Å². The van der Waals surface area contributed by atoms with Crippen LogP contribution < -0.4 is 0 Å². The fourth-order valence-corrected chi connectivity index (χ4v) is 2.03. The maximum absolute atomic E-state index is 4.32. The van der Waals surface area contributed by atoms with E-state index in [0.717, 1.165) is 12.3 Å². The van der Waals surface area contributed by atoms with Crippen LogP contribution in [-0.2, 0) is 12.3 Å². The van der Waals surface area contributed by atoms with E-state index in [9.17, 15) is 0 Å². The van der Waals surface area contributed by atoms with Gasteiger partial charge in [-0.25, -0.2) is 0 Å². The molecule has 1 aromatic heterocycles. The van der Waals surface area contributed by atoms with Crippen molar-refractivity contribution in [1.82, 2.24) is 4.57 Å². The number of aryl methyl sites for hydroxylation is 1. The van der Waals surface area contributed by atoms with Crippen LogP contribution in [0.5, 0.6) is 0 Å². The molecular formula is C11H13NS. The Morgan fingerprint density at radius 2 is 2.08 bits per heavy atom. The van der Waals surface area contributed by atoms with E-state index < -0.39 is 0 Å². The van der Waals surface area contributed by atoms with Gasteiger partial charge in [-0.15, -0.1) is 0 Å². The van der Waals surface area contributed by atoms with Crippen LogP contribution in [0, 0.1) is 0 Å².